The minimum absolute atomic E-state index is 0.170. The second-order valence-corrected chi connectivity index (χ2v) is 9.99. The van der Waals surface area contributed by atoms with Crippen molar-refractivity contribution in [2.24, 2.45) is 0 Å². The molecule has 0 unspecified atom stereocenters. The first-order chi connectivity index (χ1) is 16.6. The van der Waals surface area contributed by atoms with E-state index in [1.165, 1.54) is 7.11 Å². The summed E-state index contributed by atoms with van der Waals surface area (Å²) >= 11 is 1.60. The van der Waals surface area contributed by atoms with Crippen molar-refractivity contribution >= 4 is 39.5 Å². The van der Waals surface area contributed by atoms with Gasteiger partial charge in [-0.25, -0.2) is 19.3 Å². The molecule has 3 rings (SSSR count). The van der Waals surface area contributed by atoms with Gasteiger partial charge in [-0.1, -0.05) is 17.3 Å². The summed E-state index contributed by atoms with van der Waals surface area (Å²) in [5, 5.41) is 14.4. The van der Waals surface area contributed by atoms with E-state index in [0.717, 1.165) is 15.2 Å². The van der Waals surface area contributed by atoms with Gasteiger partial charge in [-0.3, -0.25) is 4.79 Å². The molecule has 2 N–H and O–H groups in total. The predicted octanol–water partition coefficient (Wildman–Crippen LogP) is 2.79. The number of carbonyl (C=O) groups excluding carboxylic acids is 3. The normalized spacial score (nSPS) is 12.2. The van der Waals surface area contributed by atoms with Crippen LogP contribution in [0.25, 0.3) is 10.2 Å². The minimum Gasteiger partial charge on any atom is -0.467 e. The van der Waals surface area contributed by atoms with Gasteiger partial charge in [-0.2, -0.15) is 0 Å². The number of methoxy groups -OCH3 is 1. The largest absolute Gasteiger partial charge is 0.467 e. The Labute approximate surface area is 207 Å². The summed E-state index contributed by atoms with van der Waals surface area (Å²) in [6, 6.07) is 7.03. The molecule has 11 nitrogen and oxygen atoms in total. The summed E-state index contributed by atoms with van der Waals surface area (Å²) in [5.74, 6) is -0.799. The maximum Gasteiger partial charge on any atom is 0.408 e. The van der Waals surface area contributed by atoms with Crippen LogP contribution in [0.15, 0.2) is 30.5 Å². The van der Waals surface area contributed by atoms with Crippen LogP contribution in [0.4, 0.5) is 4.79 Å². The van der Waals surface area contributed by atoms with Gasteiger partial charge in [0.25, 0.3) is 0 Å². The number of aromatic nitrogens is 4. The van der Waals surface area contributed by atoms with Crippen LogP contribution in [0.3, 0.4) is 0 Å². The van der Waals surface area contributed by atoms with E-state index in [1.54, 1.807) is 43.0 Å². The number of carbonyl (C=O) groups is 3. The molecule has 0 aliphatic rings. The number of nitrogens with zero attached hydrogens (tertiary/aromatic N) is 4. The summed E-state index contributed by atoms with van der Waals surface area (Å²) in [7, 11) is 1.24. The number of hydrogen-bond acceptors (Lipinski definition) is 9. The van der Waals surface area contributed by atoms with Gasteiger partial charge in [0.15, 0.2) is 0 Å². The third-order valence-electron chi connectivity index (χ3n) is 4.76. The third-order valence-corrected chi connectivity index (χ3v) is 5.78. The van der Waals surface area contributed by atoms with Crippen LogP contribution in [0.1, 0.15) is 50.7 Å². The van der Waals surface area contributed by atoms with Gasteiger partial charge in [0.2, 0.25) is 5.91 Å². The van der Waals surface area contributed by atoms with Crippen LogP contribution in [0.5, 0.6) is 0 Å². The van der Waals surface area contributed by atoms with Gasteiger partial charge in [0.05, 0.1) is 36.6 Å². The van der Waals surface area contributed by atoms with Crippen molar-refractivity contribution in [3.05, 3.63) is 41.2 Å². The fourth-order valence-corrected chi connectivity index (χ4v) is 4.17. The summed E-state index contributed by atoms with van der Waals surface area (Å²) in [6.45, 7) is 5.91. The average molecular weight is 503 g/mol. The molecule has 0 spiro atoms. The monoisotopic (exact) mass is 502 g/mol. The summed E-state index contributed by atoms with van der Waals surface area (Å²) in [4.78, 5) is 40.8. The Hall–Kier alpha value is -3.54. The lowest BCUT2D eigenvalue weighted by molar-refractivity contribution is -0.143. The SMILES string of the molecule is COC(=O)[C@H](CCCC(=O)NCc1cn(Cc2nc3ccccc3s2)nn1)NC(=O)OC(C)(C)C. The van der Waals surface area contributed by atoms with Crippen molar-refractivity contribution in [3.8, 4) is 0 Å². The predicted molar refractivity (Wildman–Crippen MR) is 130 cm³/mol. The van der Waals surface area contributed by atoms with Crippen molar-refractivity contribution in [2.45, 2.75) is 64.8 Å². The number of rotatable bonds is 10. The number of nitrogens with one attached hydrogen (secondary N) is 2. The van der Waals surface area contributed by atoms with Crippen molar-refractivity contribution < 1.29 is 23.9 Å². The fourth-order valence-electron chi connectivity index (χ4n) is 3.21. The second kappa shape index (κ2) is 11.7. The van der Waals surface area contributed by atoms with E-state index < -0.39 is 23.7 Å². The van der Waals surface area contributed by atoms with Crippen LogP contribution < -0.4 is 10.6 Å². The Morgan fingerprint density at radius 1 is 1.20 bits per heavy atom. The molecular weight excluding hydrogens is 472 g/mol. The number of benzene rings is 1. The van der Waals surface area contributed by atoms with E-state index in [-0.39, 0.29) is 25.3 Å². The quantitative estimate of drug-likeness (QED) is 0.404. The maximum atomic E-state index is 12.2. The molecule has 2 aromatic heterocycles. The van der Waals surface area contributed by atoms with Gasteiger partial charge < -0.3 is 20.1 Å². The molecule has 0 saturated heterocycles. The molecule has 0 aliphatic heterocycles. The first kappa shape index (κ1) is 26.1. The smallest absolute Gasteiger partial charge is 0.408 e. The number of hydrogen-bond donors (Lipinski definition) is 2. The highest BCUT2D eigenvalue weighted by atomic mass is 32.1. The second-order valence-electron chi connectivity index (χ2n) is 8.87. The topological polar surface area (TPSA) is 137 Å². The molecule has 1 atom stereocenters. The lowest BCUT2D eigenvalue weighted by Crippen LogP contribution is -2.44. The van der Waals surface area contributed by atoms with E-state index in [0.29, 0.717) is 18.7 Å². The Balaban J connectivity index is 1.42. The molecule has 2 heterocycles. The molecule has 12 heteroatoms. The number of esters is 1. The number of amides is 2. The van der Waals surface area contributed by atoms with Gasteiger partial charge in [0, 0.05) is 6.42 Å². The van der Waals surface area contributed by atoms with Gasteiger partial charge in [-0.15, -0.1) is 16.4 Å². The van der Waals surface area contributed by atoms with Crippen LogP contribution in [-0.2, 0) is 32.2 Å². The summed E-state index contributed by atoms with van der Waals surface area (Å²) in [6.07, 6.45) is 1.82. The van der Waals surface area contributed by atoms with Crippen molar-refractivity contribution in [1.82, 2.24) is 30.6 Å². The number of para-hydroxylation sites is 1. The molecular formula is C23H30N6O5S. The average Bonchev–Trinajstić information content (AvgIpc) is 3.41. The highest BCUT2D eigenvalue weighted by Gasteiger charge is 2.25. The van der Waals surface area contributed by atoms with Crippen LogP contribution in [0, 0.1) is 0 Å². The molecule has 2 amide bonds. The van der Waals surface area contributed by atoms with E-state index >= 15 is 0 Å². The Kier molecular flexibility index (Phi) is 8.74. The Morgan fingerprint density at radius 3 is 2.69 bits per heavy atom. The molecule has 0 aliphatic carbocycles. The van der Waals surface area contributed by atoms with Crippen molar-refractivity contribution in [2.75, 3.05) is 7.11 Å². The zero-order chi connectivity index (χ0) is 25.4. The van der Waals surface area contributed by atoms with Gasteiger partial charge in [-0.05, 0) is 45.7 Å². The third kappa shape index (κ3) is 8.32. The summed E-state index contributed by atoms with van der Waals surface area (Å²) in [5.41, 5.74) is 0.884. The Bertz CT molecular complexity index is 1140. The molecule has 3 aromatic rings. The first-order valence-corrected chi connectivity index (χ1v) is 12.0. The molecule has 0 radical (unpaired) electrons. The zero-order valence-corrected chi connectivity index (χ0v) is 21.1. The van der Waals surface area contributed by atoms with Gasteiger partial charge in [0.1, 0.15) is 22.3 Å². The van der Waals surface area contributed by atoms with E-state index in [2.05, 4.69) is 25.9 Å². The minimum atomic E-state index is -0.898. The molecule has 1 aromatic carbocycles. The van der Waals surface area contributed by atoms with Gasteiger partial charge >= 0.3 is 12.1 Å². The molecule has 0 bridgehead atoms. The first-order valence-electron chi connectivity index (χ1n) is 11.2. The molecule has 0 fully saturated rings. The zero-order valence-electron chi connectivity index (χ0n) is 20.2. The summed E-state index contributed by atoms with van der Waals surface area (Å²) < 4.78 is 12.7. The van der Waals surface area contributed by atoms with Crippen LogP contribution in [0.2, 0.25) is 0 Å². The molecule has 35 heavy (non-hydrogen) atoms. The fraction of sp³-hybridized carbons (Fsp3) is 0.478. The standard InChI is InChI=1S/C23H30N6O5S/c1-23(2,3)34-22(32)26-17(21(31)33-4)9-7-11-19(30)24-12-15-13-29(28-27-15)14-20-25-16-8-5-6-10-18(16)35-20/h5-6,8,10,13,17H,7,9,11-12,14H2,1-4H3,(H,24,30)(H,26,32)/t17-/m0/s1. The lowest BCUT2D eigenvalue weighted by atomic mass is 10.1. The van der Waals surface area contributed by atoms with Crippen LogP contribution in [-0.4, -0.2) is 56.7 Å². The number of alkyl carbamates (subject to hydrolysis) is 1. The molecule has 188 valence electrons. The number of thiazole rings is 1. The molecule has 0 saturated carbocycles. The van der Waals surface area contributed by atoms with Crippen LogP contribution >= 0.6 is 11.3 Å². The maximum absolute atomic E-state index is 12.2. The number of fused-ring (bicyclic) bond motifs is 1. The van der Waals surface area contributed by atoms with E-state index in [1.807, 2.05) is 24.3 Å². The van der Waals surface area contributed by atoms with E-state index in [9.17, 15) is 14.4 Å². The number of ether oxygens (including phenoxy) is 2. The lowest BCUT2D eigenvalue weighted by Gasteiger charge is -2.22. The van der Waals surface area contributed by atoms with Crippen molar-refractivity contribution in [3.63, 3.8) is 0 Å². The Morgan fingerprint density at radius 2 is 1.97 bits per heavy atom. The highest BCUT2D eigenvalue weighted by Crippen LogP contribution is 2.22. The highest BCUT2D eigenvalue weighted by molar-refractivity contribution is 7.18. The van der Waals surface area contributed by atoms with Crippen molar-refractivity contribution in [1.29, 1.82) is 0 Å². The van der Waals surface area contributed by atoms with E-state index in [4.69, 9.17) is 9.47 Å².